The lowest BCUT2D eigenvalue weighted by Gasteiger charge is -2.35. The number of carbonyl (C=O) groups is 1. The Hall–Kier alpha value is -4.00. The lowest BCUT2D eigenvalue weighted by molar-refractivity contribution is -0.126. The number of rotatable bonds is 6. The lowest BCUT2D eigenvalue weighted by atomic mass is 10.1. The third kappa shape index (κ3) is 5.09. The summed E-state index contributed by atoms with van der Waals surface area (Å²) in [6, 6.07) is 20.0. The molecule has 5 rings (SSSR count). The fraction of sp³-hybridized carbons (Fsp3) is 0.286. The standard InChI is InChI=1S/C28H30N6O/c1-21(2)19-25-30-27(24-20-29-34(28(24)31-25)23-11-7-4-8-12-23)33-17-15-32(16-18-33)26(35)14-13-22-9-5-3-6-10-22/h3-14,20-21H,15-19H2,1-2H3/b14-13+. The van der Waals surface area contributed by atoms with Crippen molar-refractivity contribution in [1.82, 2.24) is 24.6 Å². The van der Waals surface area contributed by atoms with Crippen molar-refractivity contribution in [2.24, 2.45) is 5.92 Å². The number of carbonyl (C=O) groups excluding carboxylic acids is 1. The van der Waals surface area contributed by atoms with Crippen LogP contribution in [0.3, 0.4) is 0 Å². The summed E-state index contributed by atoms with van der Waals surface area (Å²) in [5, 5.41) is 5.59. The first-order chi connectivity index (χ1) is 17.1. The molecule has 0 spiro atoms. The largest absolute Gasteiger partial charge is 0.352 e. The van der Waals surface area contributed by atoms with Crippen LogP contribution in [0.5, 0.6) is 0 Å². The molecule has 1 aliphatic rings. The third-order valence-corrected chi connectivity index (χ3v) is 6.16. The maximum absolute atomic E-state index is 12.7. The number of anilines is 1. The van der Waals surface area contributed by atoms with E-state index in [-0.39, 0.29) is 5.91 Å². The maximum Gasteiger partial charge on any atom is 0.246 e. The molecule has 0 bridgehead atoms. The molecule has 1 saturated heterocycles. The van der Waals surface area contributed by atoms with Crippen molar-refractivity contribution < 1.29 is 4.79 Å². The van der Waals surface area contributed by atoms with Crippen molar-refractivity contribution >= 4 is 28.8 Å². The minimum atomic E-state index is 0.0405. The summed E-state index contributed by atoms with van der Waals surface area (Å²) in [4.78, 5) is 26.8. The summed E-state index contributed by atoms with van der Waals surface area (Å²) in [5.74, 6) is 2.21. The van der Waals surface area contributed by atoms with Gasteiger partial charge < -0.3 is 9.80 Å². The van der Waals surface area contributed by atoms with Crippen molar-refractivity contribution in [3.8, 4) is 5.69 Å². The molecule has 3 heterocycles. The molecule has 1 fully saturated rings. The van der Waals surface area contributed by atoms with Gasteiger partial charge in [-0.2, -0.15) is 5.10 Å². The van der Waals surface area contributed by atoms with Gasteiger partial charge in [0.05, 0.1) is 17.3 Å². The number of nitrogens with zero attached hydrogens (tertiary/aromatic N) is 6. The van der Waals surface area contributed by atoms with E-state index in [0.29, 0.717) is 32.1 Å². The van der Waals surface area contributed by atoms with Crippen LogP contribution in [0.4, 0.5) is 5.82 Å². The highest BCUT2D eigenvalue weighted by atomic mass is 16.2. The number of hydrogen-bond acceptors (Lipinski definition) is 5. The monoisotopic (exact) mass is 466 g/mol. The highest BCUT2D eigenvalue weighted by Gasteiger charge is 2.24. The second-order valence-corrected chi connectivity index (χ2v) is 9.25. The molecule has 0 unspecified atom stereocenters. The van der Waals surface area contributed by atoms with Gasteiger partial charge in [0.15, 0.2) is 5.65 Å². The molecular weight excluding hydrogens is 436 g/mol. The zero-order valence-electron chi connectivity index (χ0n) is 20.2. The second-order valence-electron chi connectivity index (χ2n) is 9.25. The SMILES string of the molecule is CC(C)Cc1nc(N2CCN(C(=O)/C=C/c3ccccc3)CC2)c2cnn(-c3ccccc3)c2n1. The first kappa shape index (κ1) is 22.8. The number of para-hydroxylation sites is 1. The fourth-order valence-corrected chi connectivity index (χ4v) is 4.37. The average Bonchev–Trinajstić information content (AvgIpc) is 3.31. The van der Waals surface area contributed by atoms with E-state index in [9.17, 15) is 4.79 Å². The molecule has 0 saturated carbocycles. The van der Waals surface area contributed by atoms with E-state index in [1.54, 1.807) is 6.08 Å². The first-order valence-electron chi connectivity index (χ1n) is 12.2. The number of amides is 1. The van der Waals surface area contributed by atoms with E-state index >= 15 is 0 Å². The summed E-state index contributed by atoms with van der Waals surface area (Å²) in [6.45, 7) is 7.08. The van der Waals surface area contributed by atoms with E-state index in [2.05, 4.69) is 23.8 Å². The van der Waals surface area contributed by atoms with Crippen LogP contribution < -0.4 is 4.90 Å². The Morgan fingerprint density at radius 3 is 2.31 bits per heavy atom. The van der Waals surface area contributed by atoms with Crippen LogP contribution >= 0.6 is 0 Å². The molecule has 0 aliphatic carbocycles. The van der Waals surface area contributed by atoms with Crippen molar-refractivity contribution in [2.45, 2.75) is 20.3 Å². The Morgan fingerprint density at radius 2 is 1.63 bits per heavy atom. The molecule has 1 aliphatic heterocycles. The molecule has 0 N–H and O–H groups in total. The van der Waals surface area contributed by atoms with E-state index < -0.39 is 0 Å². The molecule has 7 nitrogen and oxygen atoms in total. The summed E-state index contributed by atoms with van der Waals surface area (Å²) in [5.41, 5.74) is 2.82. The molecule has 7 heteroatoms. The van der Waals surface area contributed by atoms with Crippen LogP contribution in [-0.2, 0) is 11.2 Å². The van der Waals surface area contributed by atoms with E-state index in [1.165, 1.54) is 0 Å². The van der Waals surface area contributed by atoms with Crippen LogP contribution in [0, 0.1) is 5.92 Å². The predicted octanol–water partition coefficient (Wildman–Crippen LogP) is 4.38. The van der Waals surface area contributed by atoms with Crippen molar-refractivity contribution in [2.75, 3.05) is 31.1 Å². The molecule has 0 radical (unpaired) electrons. The van der Waals surface area contributed by atoms with Gasteiger partial charge >= 0.3 is 0 Å². The van der Waals surface area contributed by atoms with Crippen LogP contribution in [0.15, 0.2) is 72.9 Å². The molecule has 0 atom stereocenters. The molecule has 1 amide bonds. The minimum Gasteiger partial charge on any atom is -0.352 e. The fourth-order valence-electron chi connectivity index (χ4n) is 4.37. The number of benzene rings is 2. The van der Waals surface area contributed by atoms with Gasteiger partial charge in [0.1, 0.15) is 11.6 Å². The molecule has 2 aromatic heterocycles. The smallest absolute Gasteiger partial charge is 0.246 e. The molecule has 35 heavy (non-hydrogen) atoms. The molecular formula is C28H30N6O. The van der Waals surface area contributed by atoms with Gasteiger partial charge in [0.25, 0.3) is 0 Å². The Labute approximate surface area is 205 Å². The van der Waals surface area contributed by atoms with Gasteiger partial charge in [-0.25, -0.2) is 14.6 Å². The Morgan fingerprint density at radius 1 is 0.943 bits per heavy atom. The topological polar surface area (TPSA) is 67.2 Å². The lowest BCUT2D eigenvalue weighted by Crippen LogP contribution is -2.48. The Bertz CT molecular complexity index is 1320. The number of hydrogen-bond donors (Lipinski definition) is 0. The van der Waals surface area contributed by atoms with Gasteiger partial charge in [-0.05, 0) is 29.7 Å². The Kier molecular flexibility index (Phi) is 6.57. The van der Waals surface area contributed by atoms with Gasteiger partial charge in [-0.3, -0.25) is 4.79 Å². The first-order valence-corrected chi connectivity index (χ1v) is 12.2. The van der Waals surface area contributed by atoms with Gasteiger partial charge in [0.2, 0.25) is 5.91 Å². The quantitative estimate of drug-likeness (QED) is 0.395. The number of piperazine rings is 1. The second kappa shape index (κ2) is 10.1. The van der Waals surface area contributed by atoms with Crippen molar-refractivity contribution in [3.63, 3.8) is 0 Å². The predicted molar refractivity (Wildman–Crippen MR) is 139 cm³/mol. The van der Waals surface area contributed by atoms with Gasteiger partial charge in [-0.1, -0.05) is 62.4 Å². The Balaban J connectivity index is 1.38. The number of fused-ring (bicyclic) bond motifs is 1. The normalized spacial score (nSPS) is 14.4. The molecule has 178 valence electrons. The van der Waals surface area contributed by atoms with E-state index in [4.69, 9.17) is 9.97 Å². The summed E-state index contributed by atoms with van der Waals surface area (Å²) < 4.78 is 1.89. The zero-order chi connectivity index (χ0) is 24.2. The van der Waals surface area contributed by atoms with Crippen LogP contribution in [-0.4, -0.2) is 56.7 Å². The van der Waals surface area contributed by atoms with Gasteiger partial charge in [0, 0.05) is 38.7 Å². The van der Waals surface area contributed by atoms with E-state index in [1.807, 2.05) is 82.5 Å². The van der Waals surface area contributed by atoms with Gasteiger partial charge in [-0.15, -0.1) is 0 Å². The minimum absolute atomic E-state index is 0.0405. The number of aromatic nitrogens is 4. The summed E-state index contributed by atoms with van der Waals surface area (Å²) in [6.07, 6.45) is 6.19. The van der Waals surface area contributed by atoms with Crippen molar-refractivity contribution in [1.29, 1.82) is 0 Å². The average molecular weight is 467 g/mol. The zero-order valence-corrected chi connectivity index (χ0v) is 20.2. The van der Waals surface area contributed by atoms with Crippen LogP contribution in [0.1, 0.15) is 25.2 Å². The van der Waals surface area contributed by atoms with Crippen molar-refractivity contribution in [3.05, 3.63) is 84.3 Å². The summed E-state index contributed by atoms with van der Waals surface area (Å²) in [7, 11) is 0. The molecule has 2 aromatic carbocycles. The van der Waals surface area contributed by atoms with E-state index in [0.717, 1.165) is 40.3 Å². The molecule has 4 aromatic rings. The van der Waals surface area contributed by atoms with Crippen LogP contribution in [0.25, 0.3) is 22.8 Å². The maximum atomic E-state index is 12.7. The third-order valence-electron chi connectivity index (χ3n) is 6.16. The summed E-state index contributed by atoms with van der Waals surface area (Å²) >= 11 is 0. The van der Waals surface area contributed by atoms with Crippen LogP contribution in [0.2, 0.25) is 0 Å². The highest BCUT2D eigenvalue weighted by molar-refractivity contribution is 5.92. The highest BCUT2D eigenvalue weighted by Crippen LogP contribution is 2.27.